The molecule has 3 aliphatic rings. The van der Waals surface area contributed by atoms with Crippen molar-refractivity contribution in [3.63, 3.8) is 0 Å². The number of aliphatic hydroxyl groups excluding tert-OH is 1. The Labute approximate surface area is 228 Å². The normalized spacial score (nSPS) is 28.9. The van der Waals surface area contributed by atoms with Gasteiger partial charge in [0.05, 0.1) is 24.0 Å². The maximum Gasteiger partial charge on any atom is 0.250 e. The van der Waals surface area contributed by atoms with Crippen molar-refractivity contribution >= 4 is 29.1 Å². The number of benzene rings is 2. The Balaban J connectivity index is 1.46. The van der Waals surface area contributed by atoms with Gasteiger partial charge in [-0.2, -0.15) is 0 Å². The van der Waals surface area contributed by atoms with Gasteiger partial charge in [-0.1, -0.05) is 12.1 Å². The van der Waals surface area contributed by atoms with Crippen molar-refractivity contribution in [1.29, 1.82) is 0 Å². The zero-order valence-electron chi connectivity index (χ0n) is 23.0. The molecule has 2 aromatic rings. The van der Waals surface area contributed by atoms with E-state index in [2.05, 4.69) is 10.6 Å². The first-order valence-electron chi connectivity index (χ1n) is 13.7. The van der Waals surface area contributed by atoms with Crippen LogP contribution in [0.4, 0.5) is 11.4 Å². The minimum Gasteiger partial charge on any atom is -0.494 e. The number of nitrogens with one attached hydrogen (secondary N) is 2. The van der Waals surface area contributed by atoms with Gasteiger partial charge in [0.1, 0.15) is 17.4 Å². The summed E-state index contributed by atoms with van der Waals surface area (Å²) in [5, 5.41) is 15.5. The maximum absolute atomic E-state index is 14.0. The molecule has 0 radical (unpaired) electrons. The highest BCUT2D eigenvalue weighted by molar-refractivity contribution is 6.05. The molecule has 2 bridgehead atoms. The Bertz CT molecular complexity index is 1280. The lowest BCUT2D eigenvalue weighted by Crippen LogP contribution is -2.53. The van der Waals surface area contributed by atoms with Crippen molar-refractivity contribution < 1.29 is 29.0 Å². The minimum atomic E-state index is -1.12. The van der Waals surface area contributed by atoms with Gasteiger partial charge in [0.15, 0.2) is 0 Å². The van der Waals surface area contributed by atoms with Crippen molar-refractivity contribution in [2.45, 2.75) is 64.2 Å². The molecule has 3 fully saturated rings. The first kappa shape index (κ1) is 27.1. The van der Waals surface area contributed by atoms with Gasteiger partial charge in [0.25, 0.3) is 0 Å². The average molecular weight is 536 g/mol. The molecule has 3 aliphatic heterocycles. The van der Waals surface area contributed by atoms with Crippen molar-refractivity contribution in [3.05, 3.63) is 53.6 Å². The van der Waals surface area contributed by atoms with E-state index < -0.39 is 29.1 Å². The zero-order chi connectivity index (χ0) is 27.9. The third-order valence-corrected chi connectivity index (χ3v) is 8.45. The predicted molar refractivity (Wildman–Crippen MR) is 146 cm³/mol. The van der Waals surface area contributed by atoms with E-state index in [9.17, 15) is 19.5 Å². The number of aliphatic hydroxyl groups is 1. The third kappa shape index (κ3) is 4.57. The number of rotatable bonds is 9. The SMILES string of the molecule is CCOc1ccc(NC(=O)[C@H]2[C@H]3C(=O)N(CCCO)C(C(=O)Nc4cc(C)ccc4C)C34CC[C@]2(C)O4)cc1. The second-order valence-electron chi connectivity index (χ2n) is 11.1. The van der Waals surface area contributed by atoms with Crippen LogP contribution in [0, 0.1) is 25.7 Å². The van der Waals surface area contributed by atoms with Crippen molar-refractivity contribution in [1.82, 2.24) is 4.90 Å². The molecular weight excluding hydrogens is 498 g/mol. The van der Waals surface area contributed by atoms with Gasteiger partial charge < -0.3 is 30.1 Å². The fraction of sp³-hybridized carbons (Fsp3) is 0.500. The fourth-order valence-corrected chi connectivity index (χ4v) is 6.70. The maximum atomic E-state index is 14.0. The largest absolute Gasteiger partial charge is 0.494 e. The van der Waals surface area contributed by atoms with E-state index in [1.54, 1.807) is 24.3 Å². The fourth-order valence-electron chi connectivity index (χ4n) is 6.70. The summed E-state index contributed by atoms with van der Waals surface area (Å²) >= 11 is 0. The lowest BCUT2D eigenvalue weighted by molar-refractivity contribution is -0.143. The molecule has 2 unspecified atom stereocenters. The highest BCUT2D eigenvalue weighted by Gasteiger charge is 2.77. The number of anilines is 2. The Morgan fingerprint density at radius 2 is 1.85 bits per heavy atom. The van der Waals surface area contributed by atoms with E-state index in [0.717, 1.165) is 11.1 Å². The Kier molecular flexibility index (Phi) is 7.15. The number of hydrogen-bond acceptors (Lipinski definition) is 6. The molecule has 0 saturated carbocycles. The Hall–Kier alpha value is -3.43. The van der Waals surface area contributed by atoms with Gasteiger partial charge in [0, 0.05) is 24.5 Å². The van der Waals surface area contributed by atoms with Gasteiger partial charge in [-0.3, -0.25) is 14.4 Å². The summed E-state index contributed by atoms with van der Waals surface area (Å²) in [7, 11) is 0. The number of fused-ring (bicyclic) bond motifs is 1. The van der Waals surface area contributed by atoms with E-state index in [4.69, 9.17) is 9.47 Å². The second-order valence-corrected chi connectivity index (χ2v) is 11.1. The van der Waals surface area contributed by atoms with Gasteiger partial charge in [-0.25, -0.2) is 0 Å². The van der Waals surface area contributed by atoms with Crippen LogP contribution in [0.3, 0.4) is 0 Å². The van der Waals surface area contributed by atoms with Crippen LogP contribution in [0.5, 0.6) is 5.75 Å². The molecule has 3 saturated heterocycles. The van der Waals surface area contributed by atoms with E-state index >= 15 is 0 Å². The topological polar surface area (TPSA) is 117 Å². The number of carbonyl (C=O) groups excluding carboxylic acids is 3. The Morgan fingerprint density at radius 3 is 2.54 bits per heavy atom. The lowest BCUT2D eigenvalue weighted by atomic mass is 9.66. The number of likely N-dealkylation sites (tertiary alicyclic amines) is 1. The number of nitrogens with zero attached hydrogens (tertiary/aromatic N) is 1. The van der Waals surface area contributed by atoms with Crippen LogP contribution in [-0.2, 0) is 19.1 Å². The minimum absolute atomic E-state index is 0.118. The van der Waals surface area contributed by atoms with Gasteiger partial charge in [-0.05, 0) is 88.4 Å². The summed E-state index contributed by atoms with van der Waals surface area (Å²) in [4.78, 5) is 43.2. The third-order valence-electron chi connectivity index (χ3n) is 8.45. The average Bonchev–Trinajstić information content (AvgIpc) is 3.46. The van der Waals surface area contributed by atoms with Crippen LogP contribution >= 0.6 is 0 Å². The zero-order valence-corrected chi connectivity index (χ0v) is 23.0. The predicted octanol–water partition coefficient (Wildman–Crippen LogP) is 3.43. The molecule has 0 aromatic heterocycles. The van der Waals surface area contributed by atoms with Gasteiger partial charge >= 0.3 is 0 Å². The standard InChI is InChI=1S/C30H37N3O6/c1-5-38-21-11-9-20(10-12-21)31-26(35)23-24-28(37)33(15-6-16-34)25(30(24)14-13-29(23,4)39-30)27(36)32-22-17-18(2)7-8-19(22)3/h7-12,17,23-25,34H,5-6,13-16H2,1-4H3,(H,31,35)(H,32,36)/t23-,24+,25?,29+,30?/m1/s1. The van der Waals surface area contributed by atoms with Crippen LogP contribution < -0.4 is 15.4 Å². The first-order valence-corrected chi connectivity index (χ1v) is 13.7. The number of amides is 3. The summed E-state index contributed by atoms with van der Waals surface area (Å²) in [5.41, 5.74) is 1.18. The lowest BCUT2D eigenvalue weighted by Gasteiger charge is -2.33. The van der Waals surface area contributed by atoms with Crippen LogP contribution in [0.1, 0.15) is 44.2 Å². The van der Waals surface area contributed by atoms with Crippen LogP contribution in [0.2, 0.25) is 0 Å². The summed E-state index contributed by atoms with van der Waals surface area (Å²) in [5.74, 6) is -1.78. The molecule has 9 heteroatoms. The molecule has 5 rings (SSSR count). The van der Waals surface area contributed by atoms with E-state index in [1.165, 1.54) is 4.90 Å². The van der Waals surface area contributed by atoms with Crippen molar-refractivity contribution in [2.75, 3.05) is 30.4 Å². The molecule has 1 spiro atoms. The van der Waals surface area contributed by atoms with Crippen molar-refractivity contribution in [2.24, 2.45) is 11.8 Å². The van der Waals surface area contributed by atoms with E-state index in [-0.39, 0.29) is 30.9 Å². The number of ether oxygens (including phenoxy) is 2. The highest BCUT2D eigenvalue weighted by Crippen LogP contribution is 2.63. The smallest absolute Gasteiger partial charge is 0.250 e. The molecular formula is C30H37N3O6. The molecule has 3 amide bonds. The summed E-state index contributed by atoms with van der Waals surface area (Å²) in [6.07, 6.45) is 1.37. The van der Waals surface area contributed by atoms with Crippen LogP contribution in [-0.4, -0.2) is 64.7 Å². The second kappa shape index (κ2) is 10.3. The Morgan fingerprint density at radius 1 is 1.10 bits per heavy atom. The first-order chi connectivity index (χ1) is 18.6. The summed E-state index contributed by atoms with van der Waals surface area (Å²) in [6, 6.07) is 12.0. The summed E-state index contributed by atoms with van der Waals surface area (Å²) in [6.45, 7) is 8.26. The highest BCUT2D eigenvalue weighted by atomic mass is 16.5. The van der Waals surface area contributed by atoms with Gasteiger partial charge in [-0.15, -0.1) is 0 Å². The molecule has 3 N–H and O–H groups in total. The number of hydrogen-bond donors (Lipinski definition) is 3. The number of carbonyl (C=O) groups is 3. The molecule has 39 heavy (non-hydrogen) atoms. The molecule has 2 aromatic carbocycles. The van der Waals surface area contributed by atoms with E-state index in [1.807, 2.05) is 45.9 Å². The molecule has 5 atom stereocenters. The molecule has 0 aliphatic carbocycles. The number of aryl methyl sites for hydroxylation is 2. The van der Waals surface area contributed by atoms with Gasteiger partial charge in [0.2, 0.25) is 17.7 Å². The summed E-state index contributed by atoms with van der Waals surface area (Å²) < 4.78 is 12.1. The molecule has 3 heterocycles. The van der Waals surface area contributed by atoms with Crippen LogP contribution in [0.25, 0.3) is 0 Å². The monoisotopic (exact) mass is 535 g/mol. The molecule has 9 nitrogen and oxygen atoms in total. The quantitative estimate of drug-likeness (QED) is 0.453. The molecule has 208 valence electrons. The van der Waals surface area contributed by atoms with E-state index in [0.29, 0.717) is 43.0 Å². The van der Waals surface area contributed by atoms with Crippen LogP contribution in [0.15, 0.2) is 42.5 Å². The van der Waals surface area contributed by atoms with Crippen molar-refractivity contribution in [3.8, 4) is 5.75 Å².